The molecule has 1 saturated carbocycles. The molecule has 2 nitrogen and oxygen atoms in total. The van der Waals surface area contributed by atoms with Gasteiger partial charge in [-0.3, -0.25) is 4.79 Å². The summed E-state index contributed by atoms with van der Waals surface area (Å²) in [5.41, 5.74) is 2.18. The zero-order chi connectivity index (χ0) is 14.5. The third-order valence-electron chi connectivity index (χ3n) is 4.48. The standard InChI is InChI=1S/C18H26O2/c1-4-13(3)15-6-8-16(9-7-15)18(19)12-14-10-17(11-14)20-5-2/h6-9,13-14,17H,4-5,10-12H2,1-3H3. The van der Waals surface area contributed by atoms with Crippen molar-refractivity contribution in [2.45, 2.75) is 58.5 Å². The van der Waals surface area contributed by atoms with Crippen LogP contribution in [0.25, 0.3) is 0 Å². The van der Waals surface area contributed by atoms with Crippen molar-refractivity contribution in [1.29, 1.82) is 0 Å². The molecule has 0 amide bonds. The quantitative estimate of drug-likeness (QED) is 0.680. The molecule has 1 unspecified atom stereocenters. The fourth-order valence-electron chi connectivity index (χ4n) is 2.83. The van der Waals surface area contributed by atoms with E-state index < -0.39 is 0 Å². The van der Waals surface area contributed by atoms with Crippen LogP contribution in [-0.2, 0) is 4.74 Å². The summed E-state index contributed by atoms with van der Waals surface area (Å²) in [6, 6.07) is 8.18. The van der Waals surface area contributed by atoms with Gasteiger partial charge in [0.15, 0.2) is 5.78 Å². The average molecular weight is 274 g/mol. The topological polar surface area (TPSA) is 26.3 Å². The molecule has 1 aromatic carbocycles. The number of rotatable bonds is 7. The van der Waals surface area contributed by atoms with E-state index in [0.29, 0.717) is 24.4 Å². The molecule has 0 radical (unpaired) electrons. The summed E-state index contributed by atoms with van der Waals surface area (Å²) < 4.78 is 5.54. The van der Waals surface area contributed by atoms with Crippen LogP contribution in [0.3, 0.4) is 0 Å². The Kier molecular flexibility index (Phi) is 5.36. The maximum Gasteiger partial charge on any atom is 0.163 e. The molecule has 2 rings (SSSR count). The second kappa shape index (κ2) is 7.03. The summed E-state index contributed by atoms with van der Waals surface area (Å²) in [6.07, 6.45) is 4.29. The lowest BCUT2D eigenvalue weighted by atomic mass is 9.78. The van der Waals surface area contributed by atoms with Gasteiger partial charge in [-0.1, -0.05) is 38.1 Å². The Balaban J connectivity index is 1.84. The predicted octanol–water partition coefficient (Wildman–Crippen LogP) is 4.59. The smallest absolute Gasteiger partial charge is 0.163 e. The maximum absolute atomic E-state index is 12.2. The van der Waals surface area contributed by atoms with E-state index in [2.05, 4.69) is 26.0 Å². The van der Waals surface area contributed by atoms with E-state index >= 15 is 0 Å². The molecule has 0 spiro atoms. The molecule has 0 bridgehead atoms. The molecule has 1 aliphatic rings. The first-order chi connectivity index (χ1) is 9.63. The molecular weight excluding hydrogens is 248 g/mol. The molecule has 0 aliphatic heterocycles. The van der Waals surface area contributed by atoms with Crippen molar-refractivity contribution in [2.75, 3.05) is 6.61 Å². The van der Waals surface area contributed by atoms with Gasteiger partial charge in [0.05, 0.1) is 6.10 Å². The molecule has 0 heterocycles. The fourth-order valence-corrected chi connectivity index (χ4v) is 2.83. The van der Waals surface area contributed by atoms with Crippen LogP contribution in [-0.4, -0.2) is 18.5 Å². The Bertz CT molecular complexity index is 429. The van der Waals surface area contributed by atoms with Crippen LogP contribution in [0.5, 0.6) is 0 Å². The first-order valence-electron chi connectivity index (χ1n) is 7.88. The van der Waals surface area contributed by atoms with Gasteiger partial charge in [-0.2, -0.15) is 0 Å². The van der Waals surface area contributed by atoms with Gasteiger partial charge in [-0.05, 0) is 43.6 Å². The highest BCUT2D eigenvalue weighted by Crippen LogP contribution is 2.33. The summed E-state index contributed by atoms with van der Waals surface area (Å²) in [7, 11) is 0. The van der Waals surface area contributed by atoms with Crippen molar-refractivity contribution < 1.29 is 9.53 Å². The molecule has 110 valence electrons. The molecule has 0 saturated heterocycles. The molecular formula is C18H26O2. The van der Waals surface area contributed by atoms with Gasteiger partial charge < -0.3 is 4.74 Å². The van der Waals surface area contributed by atoms with Crippen molar-refractivity contribution in [1.82, 2.24) is 0 Å². The lowest BCUT2D eigenvalue weighted by Gasteiger charge is -2.34. The van der Waals surface area contributed by atoms with Gasteiger partial charge in [0.1, 0.15) is 0 Å². The van der Waals surface area contributed by atoms with E-state index in [0.717, 1.165) is 31.4 Å². The van der Waals surface area contributed by atoms with E-state index in [4.69, 9.17) is 4.74 Å². The van der Waals surface area contributed by atoms with Crippen LogP contribution in [0.15, 0.2) is 24.3 Å². The van der Waals surface area contributed by atoms with E-state index in [1.807, 2.05) is 19.1 Å². The second-order valence-electron chi connectivity index (χ2n) is 5.97. The lowest BCUT2D eigenvalue weighted by molar-refractivity contribution is -0.0246. The number of Topliss-reactive ketones (excluding diaryl/α,β-unsaturated/α-hetero) is 1. The van der Waals surface area contributed by atoms with Gasteiger partial charge in [-0.25, -0.2) is 0 Å². The van der Waals surface area contributed by atoms with Crippen LogP contribution >= 0.6 is 0 Å². The van der Waals surface area contributed by atoms with Crippen molar-refractivity contribution in [2.24, 2.45) is 5.92 Å². The number of carbonyl (C=O) groups is 1. The number of benzene rings is 1. The number of hydrogen-bond acceptors (Lipinski definition) is 2. The van der Waals surface area contributed by atoms with E-state index in [9.17, 15) is 4.79 Å². The van der Waals surface area contributed by atoms with Gasteiger partial charge in [0, 0.05) is 18.6 Å². The van der Waals surface area contributed by atoms with Crippen molar-refractivity contribution in [3.8, 4) is 0 Å². The van der Waals surface area contributed by atoms with Crippen molar-refractivity contribution in [3.63, 3.8) is 0 Å². The minimum absolute atomic E-state index is 0.278. The third-order valence-corrected chi connectivity index (χ3v) is 4.48. The first-order valence-corrected chi connectivity index (χ1v) is 7.88. The first kappa shape index (κ1) is 15.2. The Morgan fingerprint density at radius 3 is 2.45 bits per heavy atom. The van der Waals surface area contributed by atoms with Crippen LogP contribution in [0, 0.1) is 5.92 Å². The zero-order valence-electron chi connectivity index (χ0n) is 12.9. The Morgan fingerprint density at radius 2 is 1.90 bits per heavy atom. The highest BCUT2D eigenvalue weighted by atomic mass is 16.5. The van der Waals surface area contributed by atoms with Crippen LogP contribution in [0.1, 0.15) is 68.3 Å². The lowest BCUT2D eigenvalue weighted by Crippen LogP contribution is -2.32. The Labute approximate surface area is 122 Å². The van der Waals surface area contributed by atoms with E-state index in [-0.39, 0.29) is 5.78 Å². The third kappa shape index (κ3) is 3.69. The summed E-state index contributed by atoms with van der Waals surface area (Å²) in [5, 5.41) is 0. The van der Waals surface area contributed by atoms with Crippen molar-refractivity contribution in [3.05, 3.63) is 35.4 Å². The predicted molar refractivity (Wildman–Crippen MR) is 82.2 cm³/mol. The number of carbonyl (C=O) groups excluding carboxylic acids is 1. The normalized spacial score (nSPS) is 23.1. The second-order valence-corrected chi connectivity index (χ2v) is 5.97. The van der Waals surface area contributed by atoms with Gasteiger partial charge >= 0.3 is 0 Å². The average Bonchev–Trinajstić information content (AvgIpc) is 2.44. The molecule has 1 atom stereocenters. The Morgan fingerprint density at radius 1 is 1.25 bits per heavy atom. The van der Waals surface area contributed by atoms with Gasteiger partial charge in [0.2, 0.25) is 0 Å². The molecule has 1 fully saturated rings. The minimum atomic E-state index is 0.278. The highest BCUT2D eigenvalue weighted by molar-refractivity contribution is 5.96. The monoisotopic (exact) mass is 274 g/mol. The summed E-state index contributed by atoms with van der Waals surface area (Å²) in [4.78, 5) is 12.2. The van der Waals surface area contributed by atoms with E-state index in [1.165, 1.54) is 5.56 Å². The summed E-state index contributed by atoms with van der Waals surface area (Å²) >= 11 is 0. The number of hydrogen-bond donors (Lipinski definition) is 0. The molecule has 0 N–H and O–H groups in total. The molecule has 1 aromatic rings. The van der Waals surface area contributed by atoms with Gasteiger partial charge in [-0.15, -0.1) is 0 Å². The van der Waals surface area contributed by atoms with Crippen molar-refractivity contribution >= 4 is 5.78 Å². The fraction of sp³-hybridized carbons (Fsp3) is 0.611. The van der Waals surface area contributed by atoms with E-state index in [1.54, 1.807) is 0 Å². The molecule has 2 heteroatoms. The molecule has 20 heavy (non-hydrogen) atoms. The maximum atomic E-state index is 12.2. The SMILES string of the molecule is CCOC1CC(CC(=O)c2ccc(C(C)CC)cc2)C1. The van der Waals surface area contributed by atoms with Gasteiger partial charge in [0.25, 0.3) is 0 Å². The minimum Gasteiger partial charge on any atom is -0.378 e. The van der Waals surface area contributed by atoms with Crippen LogP contribution in [0.4, 0.5) is 0 Å². The number of ether oxygens (including phenoxy) is 1. The highest BCUT2D eigenvalue weighted by Gasteiger charge is 2.31. The summed E-state index contributed by atoms with van der Waals surface area (Å²) in [6.45, 7) is 7.22. The Hall–Kier alpha value is -1.15. The zero-order valence-corrected chi connectivity index (χ0v) is 12.9. The van der Waals surface area contributed by atoms with Crippen LogP contribution < -0.4 is 0 Å². The van der Waals surface area contributed by atoms with Crippen LogP contribution in [0.2, 0.25) is 0 Å². The summed E-state index contributed by atoms with van der Waals surface area (Å²) in [5.74, 6) is 1.37. The molecule has 0 aromatic heterocycles. The number of ketones is 1. The largest absolute Gasteiger partial charge is 0.378 e. The molecule has 1 aliphatic carbocycles.